The summed E-state index contributed by atoms with van der Waals surface area (Å²) in [5.41, 5.74) is 0. The van der Waals surface area contributed by atoms with Gasteiger partial charge in [-0.05, 0) is 0 Å². The molecular weight excluding hydrogens is 368 g/mol. The third-order valence-corrected chi connectivity index (χ3v) is 3.28. The SMILES string of the molecule is CC(=O)OCC1OC(OCC=O)C(OC(C)=O)C(OC(C)=O)C1OC(C)=O. The number of hydrogen-bond donors (Lipinski definition) is 0. The van der Waals surface area contributed by atoms with E-state index in [9.17, 15) is 24.0 Å². The third kappa shape index (κ3) is 7.31. The molecule has 1 saturated heterocycles. The zero-order valence-corrected chi connectivity index (χ0v) is 15.4. The van der Waals surface area contributed by atoms with Gasteiger partial charge in [0.25, 0.3) is 0 Å². The minimum absolute atomic E-state index is 0.362. The van der Waals surface area contributed by atoms with Gasteiger partial charge in [-0.3, -0.25) is 19.2 Å². The Balaban J connectivity index is 3.24. The predicted octanol–water partition coefficient (Wildman–Crippen LogP) is -0.715. The first-order valence-corrected chi connectivity index (χ1v) is 8.01. The van der Waals surface area contributed by atoms with Crippen molar-refractivity contribution in [1.29, 1.82) is 0 Å². The molecule has 1 aliphatic heterocycles. The van der Waals surface area contributed by atoms with E-state index < -0.39 is 61.2 Å². The smallest absolute Gasteiger partial charge is 0.303 e. The van der Waals surface area contributed by atoms with E-state index in [0.717, 1.165) is 27.7 Å². The number of aldehydes is 1. The summed E-state index contributed by atoms with van der Waals surface area (Å²) in [6.45, 7) is 3.71. The van der Waals surface area contributed by atoms with Crippen molar-refractivity contribution in [2.45, 2.75) is 58.4 Å². The minimum Gasteiger partial charge on any atom is -0.463 e. The van der Waals surface area contributed by atoms with Crippen LogP contribution in [0, 0.1) is 0 Å². The number of hydrogen-bond acceptors (Lipinski definition) is 11. The lowest BCUT2D eigenvalue weighted by Gasteiger charge is -2.43. The van der Waals surface area contributed by atoms with E-state index >= 15 is 0 Å². The van der Waals surface area contributed by atoms with Crippen LogP contribution >= 0.6 is 0 Å². The van der Waals surface area contributed by atoms with Gasteiger partial charge in [-0.1, -0.05) is 0 Å². The lowest BCUT2D eigenvalue weighted by molar-refractivity contribution is -0.305. The van der Waals surface area contributed by atoms with Crippen molar-refractivity contribution in [1.82, 2.24) is 0 Å². The van der Waals surface area contributed by atoms with Gasteiger partial charge in [0.2, 0.25) is 0 Å². The molecule has 0 bridgehead atoms. The summed E-state index contributed by atoms with van der Waals surface area (Å²) in [6.07, 6.45) is -5.91. The second-order valence-corrected chi connectivity index (χ2v) is 5.57. The summed E-state index contributed by atoms with van der Waals surface area (Å²) in [7, 11) is 0. The Bertz CT molecular complexity index is 573. The number of esters is 4. The largest absolute Gasteiger partial charge is 0.463 e. The zero-order valence-electron chi connectivity index (χ0n) is 15.4. The Morgan fingerprint density at radius 1 is 0.815 bits per heavy atom. The van der Waals surface area contributed by atoms with Crippen molar-refractivity contribution in [2.75, 3.05) is 13.2 Å². The lowest BCUT2D eigenvalue weighted by atomic mass is 9.98. The normalized spacial score (nSPS) is 27.2. The maximum Gasteiger partial charge on any atom is 0.303 e. The molecule has 27 heavy (non-hydrogen) atoms. The molecule has 0 aromatic carbocycles. The number of carbonyl (C=O) groups excluding carboxylic acids is 5. The Morgan fingerprint density at radius 3 is 1.81 bits per heavy atom. The Labute approximate surface area is 155 Å². The first kappa shape index (κ1) is 22.5. The predicted molar refractivity (Wildman–Crippen MR) is 84.0 cm³/mol. The van der Waals surface area contributed by atoms with Crippen molar-refractivity contribution < 1.29 is 52.4 Å². The van der Waals surface area contributed by atoms with Crippen LogP contribution in [0.2, 0.25) is 0 Å². The standard InChI is InChI=1S/C16H22O11/c1-8(18)23-7-12-13(24-9(2)19)14(25-10(3)20)15(26-11(4)21)16(27-12)22-6-5-17/h5,12-16H,6-7H2,1-4H3. The van der Waals surface area contributed by atoms with Gasteiger partial charge in [-0.15, -0.1) is 0 Å². The molecule has 1 heterocycles. The second-order valence-electron chi connectivity index (χ2n) is 5.57. The molecular formula is C16H22O11. The van der Waals surface area contributed by atoms with Crippen LogP contribution in [0.1, 0.15) is 27.7 Å². The molecule has 152 valence electrons. The summed E-state index contributed by atoms with van der Waals surface area (Å²) >= 11 is 0. The van der Waals surface area contributed by atoms with Crippen LogP contribution in [0.15, 0.2) is 0 Å². The van der Waals surface area contributed by atoms with Crippen LogP contribution in [-0.2, 0) is 52.4 Å². The van der Waals surface area contributed by atoms with Crippen molar-refractivity contribution >= 4 is 30.2 Å². The summed E-state index contributed by atoms with van der Waals surface area (Å²) in [5, 5.41) is 0. The monoisotopic (exact) mass is 390 g/mol. The van der Waals surface area contributed by atoms with E-state index in [2.05, 4.69) is 0 Å². The summed E-state index contributed by atoms with van der Waals surface area (Å²) in [4.78, 5) is 56.3. The van der Waals surface area contributed by atoms with Crippen LogP contribution in [0.4, 0.5) is 0 Å². The van der Waals surface area contributed by atoms with Gasteiger partial charge >= 0.3 is 23.9 Å². The molecule has 5 unspecified atom stereocenters. The van der Waals surface area contributed by atoms with Gasteiger partial charge in [0, 0.05) is 27.7 Å². The molecule has 11 heteroatoms. The Kier molecular flexibility index (Phi) is 8.82. The fourth-order valence-corrected chi connectivity index (χ4v) is 2.46. The molecule has 1 fully saturated rings. The van der Waals surface area contributed by atoms with E-state index in [0.29, 0.717) is 6.29 Å². The van der Waals surface area contributed by atoms with Crippen LogP contribution in [-0.4, -0.2) is 74.1 Å². The van der Waals surface area contributed by atoms with Gasteiger partial charge in [-0.2, -0.15) is 0 Å². The topological polar surface area (TPSA) is 141 Å². The highest BCUT2D eigenvalue weighted by atomic mass is 16.7. The molecule has 1 rings (SSSR count). The Hall–Kier alpha value is -2.53. The van der Waals surface area contributed by atoms with Gasteiger partial charge in [0.05, 0.1) is 0 Å². The first-order valence-electron chi connectivity index (χ1n) is 8.01. The van der Waals surface area contributed by atoms with Crippen molar-refractivity contribution in [3.63, 3.8) is 0 Å². The quantitative estimate of drug-likeness (QED) is 0.295. The number of rotatable bonds is 8. The van der Waals surface area contributed by atoms with Crippen LogP contribution in [0.5, 0.6) is 0 Å². The van der Waals surface area contributed by atoms with Gasteiger partial charge < -0.3 is 33.2 Å². The van der Waals surface area contributed by atoms with Crippen LogP contribution < -0.4 is 0 Å². The number of ether oxygens (including phenoxy) is 6. The van der Waals surface area contributed by atoms with Crippen LogP contribution in [0.25, 0.3) is 0 Å². The molecule has 0 N–H and O–H groups in total. The maximum absolute atomic E-state index is 11.5. The fraction of sp³-hybridized carbons (Fsp3) is 0.688. The molecule has 5 atom stereocenters. The fourth-order valence-electron chi connectivity index (χ4n) is 2.46. The summed E-state index contributed by atoms with van der Waals surface area (Å²) in [6, 6.07) is 0. The van der Waals surface area contributed by atoms with Gasteiger partial charge in [0.1, 0.15) is 25.6 Å². The molecule has 0 aromatic heterocycles. The highest BCUT2D eigenvalue weighted by Gasteiger charge is 2.52. The van der Waals surface area contributed by atoms with E-state index in [1.807, 2.05) is 0 Å². The molecule has 0 radical (unpaired) electrons. The summed E-state index contributed by atoms with van der Waals surface area (Å²) in [5.74, 6) is -2.86. The maximum atomic E-state index is 11.5. The molecule has 0 amide bonds. The number of carbonyl (C=O) groups is 5. The van der Waals surface area contributed by atoms with E-state index in [-0.39, 0.29) is 6.61 Å². The Morgan fingerprint density at radius 2 is 1.33 bits per heavy atom. The molecule has 0 aromatic rings. The zero-order chi connectivity index (χ0) is 20.6. The first-order chi connectivity index (χ1) is 12.6. The average molecular weight is 390 g/mol. The lowest BCUT2D eigenvalue weighted by Crippen LogP contribution is -2.63. The molecule has 0 spiro atoms. The van der Waals surface area contributed by atoms with Crippen molar-refractivity contribution in [3.05, 3.63) is 0 Å². The molecule has 0 aliphatic carbocycles. The van der Waals surface area contributed by atoms with Gasteiger partial charge in [-0.25, -0.2) is 0 Å². The van der Waals surface area contributed by atoms with Crippen molar-refractivity contribution in [3.8, 4) is 0 Å². The van der Waals surface area contributed by atoms with Crippen LogP contribution in [0.3, 0.4) is 0 Å². The summed E-state index contributed by atoms with van der Waals surface area (Å²) < 4.78 is 31.1. The van der Waals surface area contributed by atoms with E-state index in [1.165, 1.54) is 0 Å². The highest BCUT2D eigenvalue weighted by Crippen LogP contribution is 2.29. The van der Waals surface area contributed by atoms with Gasteiger partial charge in [0.15, 0.2) is 24.6 Å². The average Bonchev–Trinajstić information content (AvgIpc) is 2.54. The van der Waals surface area contributed by atoms with Crippen molar-refractivity contribution in [2.24, 2.45) is 0 Å². The molecule has 0 saturated carbocycles. The highest BCUT2D eigenvalue weighted by molar-refractivity contribution is 5.68. The molecule has 11 nitrogen and oxygen atoms in total. The van der Waals surface area contributed by atoms with E-state index in [1.54, 1.807) is 0 Å². The third-order valence-electron chi connectivity index (χ3n) is 3.28. The second kappa shape index (κ2) is 10.6. The molecule has 1 aliphatic rings. The van der Waals surface area contributed by atoms with E-state index in [4.69, 9.17) is 28.4 Å². The minimum atomic E-state index is -1.34.